The lowest BCUT2D eigenvalue weighted by molar-refractivity contribution is 0.254. The van der Waals surface area contributed by atoms with Crippen LogP contribution in [0.5, 0.6) is 0 Å². The third-order valence-corrected chi connectivity index (χ3v) is 3.67. The van der Waals surface area contributed by atoms with E-state index in [9.17, 15) is 4.79 Å². The molecular formula is C16H11Cl2N5O. The summed E-state index contributed by atoms with van der Waals surface area (Å²) in [6.45, 7) is 1.87. The largest absolute Gasteiger partial charge is 0.337 e. The number of carbonyl (C=O) groups is 1. The summed E-state index contributed by atoms with van der Waals surface area (Å²) >= 11 is 12.0. The Labute approximate surface area is 148 Å². The van der Waals surface area contributed by atoms with E-state index in [1.807, 2.05) is 25.1 Å². The number of amides is 2. The predicted octanol–water partition coefficient (Wildman–Crippen LogP) is 4.19. The SMILES string of the molecule is Cc1ccc(Cl)c(NC(=O)NNc2cc(C#N)c(C#N)cc2Cl)c1. The maximum Gasteiger partial charge on any atom is 0.337 e. The Morgan fingerprint density at radius 1 is 1.00 bits per heavy atom. The molecule has 6 nitrogen and oxygen atoms in total. The Kier molecular flexibility index (Phi) is 5.49. The van der Waals surface area contributed by atoms with Gasteiger partial charge in [0.25, 0.3) is 0 Å². The summed E-state index contributed by atoms with van der Waals surface area (Å²) in [6, 6.07) is 11.1. The molecule has 2 amide bonds. The van der Waals surface area contributed by atoms with E-state index in [1.54, 1.807) is 12.1 Å². The zero-order valence-corrected chi connectivity index (χ0v) is 14.0. The van der Waals surface area contributed by atoms with E-state index in [1.165, 1.54) is 12.1 Å². The van der Waals surface area contributed by atoms with Gasteiger partial charge in [0.05, 0.1) is 32.5 Å². The topological polar surface area (TPSA) is 101 Å². The summed E-state index contributed by atoms with van der Waals surface area (Å²) in [7, 11) is 0. The van der Waals surface area contributed by atoms with Crippen molar-refractivity contribution in [3.63, 3.8) is 0 Å². The Morgan fingerprint density at radius 3 is 2.33 bits per heavy atom. The molecule has 3 N–H and O–H groups in total. The standard InChI is InChI=1S/C16H11Cl2N5O/c1-9-2-3-12(17)14(4-9)21-16(24)23-22-15-6-11(8-20)10(7-19)5-13(15)18/h2-6,22H,1H3,(H2,21,23,24). The normalized spacial score (nSPS) is 9.54. The van der Waals surface area contributed by atoms with E-state index in [0.717, 1.165) is 5.56 Å². The van der Waals surface area contributed by atoms with Crippen LogP contribution in [0.2, 0.25) is 10.0 Å². The summed E-state index contributed by atoms with van der Waals surface area (Å²) in [5.74, 6) is 0. The van der Waals surface area contributed by atoms with Crippen molar-refractivity contribution in [2.45, 2.75) is 6.92 Å². The third kappa shape index (κ3) is 4.08. The minimum atomic E-state index is -0.568. The van der Waals surface area contributed by atoms with Crippen LogP contribution in [-0.2, 0) is 0 Å². The molecule has 0 aliphatic rings. The monoisotopic (exact) mass is 359 g/mol. The lowest BCUT2D eigenvalue weighted by Crippen LogP contribution is -2.33. The van der Waals surface area contributed by atoms with Crippen LogP contribution in [-0.4, -0.2) is 6.03 Å². The summed E-state index contributed by atoms with van der Waals surface area (Å²) < 4.78 is 0. The van der Waals surface area contributed by atoms with Crippen LogP contribution in [0.25, 0.3) is 0 Å². The zero-order valence-electron chi connectivity index (χ0n) is 12.4. The molecule has 0 aliphatic carbocycles. The van der Waals surface area contributed by atoms with Gasteiger partial charge in [0.2, 0.25) is 0 Å². The average Bonchev–Trinajstić information content (AvgIpc) is 2.56. The van der Waals surface area contributed by atoms with Gasteiger partial charge in [-0.25, -0.2) is 4.79 Å². The number of nitriles is 2. The molecule has 2 aromatic rings. The fourth-order valence-electron chi connectivity index (χ4n) is 1.87. The Balaban J connectivity index is 2.08. The number of hydrazine groups is 1. The van der Waals surface area contributed by atoms with Gasteiger partial charge in [-0.2, -0.15) is 10.5 Å². The van der Waals surface area contributed by atoms with Crippen LogP contribution in [0.4, 0.5) is 16.2 Å². The first-order valence-electron chi connectivity index (χ1n) is 6.67. The number of benzene rings is 2. The van der Waals surface area contributed by atoms with E-state index >= 15 is 0 Å². The van der Waals surface area contributed by atoms with Crippen LogP contribution in [0.1, 0.15) is 16.7 Å². The molecule has 2 aromatic carbocycles. The Bertz CT molecular complexity index is 883. The lowest BCUT2D eigenvalue weighted by Gasteiger charge is -2.13. The summed E-state index contributed by atoms with van der Waals surface area (Å²) in [5.41, 5.74) is 6.98. The minimum Gasteiger partial charge on any atom is -0.305 e. The maximum atomic E-state index is 11.9. The highest BCUT2D eigenvalue weighted by Crippen LogP contribution is 2.25. The summed E-state index contributed by atoms with van der Waals surface area (Å²) in [4.78, 5) is 11.9. The van der Waals surface area contributed by atoms with Gasteiger partial charge in [0, 0.05) is 0 Å². The molecule has 24 heavy (non-hydrogen) atoms. The van der Waals surface area contributed by atoms with Crippen molar-refractivity contribution in [2.24, 2.45) is 0 Å². The minimum absolute atomic E-state index is 0.147. The van der Waals surface area contributed by atoms with Crippen molar-refractivity contribution < 1.29 is 4.79 Å². The van der Waals surface area contributed by atoms with Crippen LogP contribution >= 0.6 is 23.2 Å². The maximum absolute atomic E-state index is 11.9. The van der Waals surface area contributed by atoms with Crippen molar-refractivity contribution in [1.82, 2.24) is 5.43 Å². The van der Waals surface area contributed by atoms with Gasteiger partial charge in [-0.3, -0.25) is 10.9 Å². The first-order chi connectivity index (χ1) is 11.4. The van der Waals surface area contributed by atoms with Gasteiger partial charge in [0.1, 0.15) is 12.1 Å². The number of nitrogens with zero attached hydrogens (tertiary/aromatic N) is 2. The molecule has 0 fully saturated rings. The van der Waals surface area contributed by atoms with Crippen LogP contribution < -0.4 is 16.2 Å². The fraction of sp³-hybridized carbons (Fsp3) is 0.0625. The van der Waals surface area contributed by atoms with Gasteiger partial charge >= 0.3 is 6.03 Å². The molecule has 0 saturated heterocycles. The number of nitrogens with one attached hydrogen (secondary N) is 3. The lowest BCUT2D eigenvalue weighted by atomic mass is 10.1. The van der Waals surface area contributed by atoms with E-state index < -0.39 is 6.03 Å². The number of hydrogen-bond donors (Lipinski definition) is 3. The average molecular weight is 360 g/mol. The number of carbonyl (C=O) groups excluding carboxylic acids is 1. The highest BCUT2D eigenvalue weighted by molar-refractivity contribution is 6.34. The van der Waals surface area contributed by atoms with Crippen LogP contribution in [0, 0.1) is 29.6 Å². The first-order valence-corrected chi connectivity index (χ1v) is 7.43. The molecule has 0 unspecified atom stereocenters. The van der Waals surface area contributed by atoms with E-state index in [4.69, 9.17) is 33.7 Å². The van der Waals surface area contributed by atoms with Crippen LogP contribution in [0.15, 0.2) is 30.3 Å². The number of hydrogen-bond acceptors (Lipinski definition) is 4. The molecule has 0 aromatic heterocycles. The molecule has 0 radical (unpaired) electrons. The molecule has 2 rings (SSSR count). The molecule has 0 aliphatic heterocycles. The predicted molar refractivity (Wildman–Crippen MR) is 92.8 cm³/mol. The van der Waals surface area contributed by atoms with Crippen molar-refractivity contribution in [3.05, 3.63) is 57.1 Å². The molecule has 0 heterocycles. The molecule has 0 saturated carbocycles. The third-order valence-electron chi connectivity index (χ3n) is 3.03. The molecule has 0 spiro atoms. The smallest absolute Gasteiger partial charge is 0.305 e. The fourth-order valence-corrected chi connectivity index (χ4v) is 2.24. The van der Waals surface area contributed by atoms with Gasteiger partial charge in [-0.05, 0) is 36.8 Å². The van der Waals surface area contributed by atoms with Gasteiger partial charge in [-0.1, -0.05) is 29.3 Å². The van der Waals surface area contributed by atoms with E-state index in [2.05, 4.69) is 16.2 Å². The number of aryl methyl sites for hydroxylation is 1. The molecule has 8 heteroatoms. The van der Waals surface area contributed by atoms with Crippen molar-refractivity contribution in [2.75, 3.05) is 10.7 Å². The van der Waals surface area contributed by atoms with Crippen molar-refractivity contribution >= 4 is 40.6 Å². The summed E-state index contributed by atoms with van der Waals surface area (Å²) in [5, 5.41) is 21.1. The van der Waals surface area contributed by atoms with Crippen molar-refractivity contribution in [3.8, 4) is 12.1 Å². The van der Waals surface area contributed by atoms with Gasteiger partial charge in [-0.15, -0.1) is 0 Å². The Hall–Kier alpha value is -2.93. The second-order valence-corrected chi connectivity index (χ2v) is 5.60. The molecule has 0 atom stereocenters. The van der Waals surface area contributed by atoms with Gasteiger partial charge < -0.3 is 5.32 Å². The quantitative estimate of drug-likeness (QED) is 0.714. The van der Waals surface area contributed by atoms with Gasteiger partial charge in [0.15, 0.2) is 0 Å². The molecule has 120 valence electrons. The highest BCUT2D eigenvalue weighted by Gasteiger charge is 2.10. The van der Waals surface area contributed by atoms with Crippen LogP contribution in [0.3, 0.4) is 0 Å². The number of urea groups is 1. The number of anilines is 2. The Morgan fingerprint density at radius 2 is 1.67 bits per heavy atom. The first kappa shape index (κ1) is 17.4. The second kappa shape index (κ2) is 7.56. The van der Waals surface area contributed by atoms with E-state index in [0.29, 0.717) is 10.7 Å². The number of rotatable bonds is 3. The number of halogens is 2. The second-order valence-electron chi connectivity index (χ2n) is 4.79. The van der Waals surface area contributed by atoms with E-state index in [-0.39, 0.29) is 21.8 Å². The van der Waals surface area contributed by atoms with Crippen molar-refractivity contribution in [1.29, 1.82) is 10.5 Å². The highest BCUT2D eigenvalue weighted by atomic mass is 35.5. The molecule has 0 bridgehead atoms. The molecular weight excluding hydrogens is 349 g/mol. The zero-order chi connectivity index (χ0) is 17.7. The summed E-state index contributed by atoms with van der Waals surface area (Å²) in [6.07, 6.45) is 0.